The zero-order valence-electron chi connectivity index (χ0n) is 22.6. The minimum atomic E-state index is -1.38. The van der Waals surface area contributed by atoms with Crippen LogP contribution in [0.3, 0.4) is 0 Å². The number of hydrogen-bond acceptors (Lipinski definition) is 6. The first-order valence-electron chi connectivity index (χ1n) is 14.0. The number of rotatable bonds is 7. The van der Waals surface area contributed by atoms with Crippen LogP contribution in [0.1, 0.15) is 35.4 Å². The van der Waals surface area contributed by atoms with Crippen molar-refractivity contribution >= 4 is 18.0 Å². The fourth-order valence-corrected chi connectivity index (χ4v) is 6.57. The standard InChI is InChI=1S/C32H33N3O6/c36-22-16-28(29(37)38)35(18-22)30(39)32(14-15-34(20-32)17-21-8-2-1-3-9-21)33-31(40)41-19-27-25-12-6-4-10-23(25)24-11-5-7-13-26(24)27/h1-13,22,27-28,36H,14-20H2,(H,33,40)(H,37,38)/t22?,28-,32?/m0/s1. The van der Waals surface area contributed by atoms with E-state index in [-0.39, 0.29) is 32.0 Å². The van der Waals surface area contributed by atoms with Crippen LogP contribution in [0, 0.1) is 0 Å². The van der Waals surface area contributed by atoms with Crippen LogP contribution in [-0.4, -0.2) is 81.9 Å². The van der Waals surface area contributed by atoms with Gasteiger partial charge in [0, 0.05) is 38.5 Å². The van der Waals surface area contributed by atoms with Gasteiger partial charge in [-0.2, -0.15) is 0 Å². The van der Waals surface area contributed by atoms with Crippen molar-refractivity contribution in [3.05, 3.63) is 95.6 Å². The predicted molar refractivity (Wildman–Crippen MR) is 151 cm³/mol. The van der Waals surface area contributed by atoms with Crippen molar-refractivity contribution in [2.75, 3.05) is 26.2 Å². The third-order valence-electron chi connectivity index (χ3n) is 8.52. The van der Waals surface area contributed by atoms with E-state index >= 15 is 0 Å². The number of nitrogens with one attached hydrogen (secondary N) is 1. The number of alkyl carbamates (subject to hydrolysis) is 1. The summed E-state index contributed by atoms with van der Waals surface area (Å²) in [7, 11) is 0. The number of nitrogens with zero attached hydrogens (tertiary/aromatic N) is 2. The Morgan fingerprint density at radius 2 is 1.56 bits per heavy atom. The van der Waals surface area contributed by atoms with E-state index in [1.54, 1.807) is 0 Å². The van der Waals surface area contributed by atoms with Gasteiger partial charge in [-0.3, -0.25) is 9.69 Å². The van der Waals surface area contributed by atoms with E-state index in [4.69, 9.17) is 4.74 Å². The second kappa shape index (κ2) is 11.0. The maximum absolute atomic E-state index is 14.0. The van der Waals surface area contributed by atoms with Gasteiger partial charge in [0.15, 0.2) is 0 Å². The molecule has 3 aromatic carbocycles. The predicted octanol–water partition coefficient (Wildman–Crippen LogP) is 3.22. The maximum atomic E-state index is 14.0. The Kier molecular flexibility index (Phi) is 7.23. The van der Waals surface area contributed by atoms with E-state index in [2.05, 4.69) is 22.3 Å². The number of aliphatic hydroxyl groups excluding tert-OH is 1. The van der Waals surface area contributed by atoms with Crippen molar-refractivity contribution in [1.29, 1.82) is 0 Å². The van der Waals surface area contributed by atoms with Gasteiger partial charge in [-0.1, -0.05) is 78.9 Å². The summed E-state index contributed by atoms with van der Waals surface area (Å²) in [5.41, 5.74) is 4.08. The molecule has 212 valence electrons. The van der Waals surface area contributed by atoms with Crippen molar-refractivity contribution in [3.63, 3.8) is 0 Å². The van der Waals surface area contributed by atoms with Gasteiger partial charge < -0.3 is 25.2 Å². The Labute approximate surface area is 238 Å². The molecule has 2 saturated heterocycles. The molecule has 2 fully saturated rings. The third-order valence-corrected chi connectivity index (χ3v) is 8.52. The molecule has 2 unspecified atom stereocenters. The summed E-state index contributed by atoms with van der Waals surface area (Å²) in [5.74, 6) is -1.82. The number of carboxylic acids is 1. The molecule has 6 rings (SSSR count). The van der Waals surface area contributed by atoms with Crippen molar-refractivity contribution in [3.8, 4) is 11.1 Å². The normalized spacial score (nSPS) is 23.7. The molecule has 3 aliphatic rings. The molecule has 2 heterocycles. The van der Waals surface area contributed by atoms with Gasteiger partial charge in [-0.25, -0.2) is 9.59 Å². The van der Waals surface area contributed by atoms with Crippen LogP contribution in [0.5, 0.6) is 0 Å². The van der Waals surface area contributed by atoms with Crippen molar-refractivity contribution in [1.82, 2.24) is 15.1 Å². The van der Waals surface area contributed by atoms with Crippen LogP contribution in [-0.2, 0) is 20.9 Å². The number of hydrogen-bond donors (Lipinski definition) is 3. The molecule has 3 atom stereocenters. The van der Waals surface area contributed by atoms with Gasteiger partial charge in [0.2, 0.25) is 0 Å². The lowest BCUT2D eigenvalue weighted by Gasteiger charge is -2.34. The second-order valence-corrected chi connectivity index (χ2v) is 11.2. The Hall–Kier alpha value is -4.21. The maximum Gasteiger partial charge on any atom is 0.408 e. The first-order valence-corrected chi connectivity index (χ1v) is 14.0. The molecule has 0 aromatic heterocycles. The number of carbonyl (C=O) groups is 3. The number of aliphatic hydroxyl groups is 1. The number of amides is 2. The number of carbonyl (C=O) groups excluding carboxylic acids is 2. The lowest BCUT2D eigenvalue weighted by Crippen LogP contribution is -2.62. The molecule has 2 amide bonds. The zero-order chi connectivity index (χ0) is 28.6. The van der Waals surface area contributed by atoms with E-state index < -0.39 is 35.7 Å². The smallest absolute Gasteiger partial charge is 0.408 e. The first kappa shape index (κ1) is 27.0. The Morgan fingerprint density at radius 1 is 0.927 bits per heavy atom. The SMILES string of the molecule is O=C(NC1(C(=O)N2CC(O)C[C@H]2C(=O)O)CCN(Cc2ccccc2)C1)OCC1c2ccccc2-c2ccccc21. The molecule has 0 bridgehead atoms. The number of benzene rings is 3. The topological polar surface area (TPSA) is 119 Å². The van der Waals surface area contributed by atoms with E-state index in [1.165, 1.54) is 4.90 Å². The lowest BCUT2D eigenvalue weighted by atomic mass is 9.96. The number of carboxylic acid groups (broad SMARTS) is 1. The minimum absolute atomic E-state index is 0.0458. The van der Waals surface area contributed by atoms with Crippen molar-refractivity contribution in [2.45, 2.75) is 43.0 Å². The van der Waals surface area contributed by atoms with Crippen molar-refractivity contribution in [2.24, 2.45) is 0 Å². The second-order valence-electron chi connectivity index (χ2n) is 11.2. The highest BCUT2D eigenvalue weighted by molar-refractivity contribution is 5.94. The van der Waals surface area contributed by atoms with E-state index in [0.717, 1.165) is 27.8 Å². The molecule has 0 spiro atoms. The summed E-state index contributed by atoms with van der Waals surface area (Å²) in [6, 6.07) is 24.8. The Bertz CT molecular complexity index is 1420. The van der Waals surface area contributed by atoms with E-state index in [1.807, 2.05) is 66.7 Å². The van der Waals surface area contributed by atoms with Gasteiger partial charge >= 0.3 is 12.1 Å². The highest BCUT2D eigenvalue weighted by Gasteiger charge is 2.52. The van der Waals surface area contributed by atoms with Crippen LogP contribution in [0.4, 0.5) is 4.79 Å². The highest BCUT2D eigenvalue weighted by atomic mass is 16.5. The molecule has 0 saturated carbocycles. The fourth-order valence-electron chi connectivity index (χ4n) is 6.57. The molecular weight excluding hydrogens is 522 g/mol. The minimum Gasteiger partial charge on any atom is -0.480 e. The number of likely N-dealkylation sites (tertiary alicyclic amines) is 2. The summed E-state index contributed by atoms with van der Waals surface area (Å²) in [6.07, 6.45) is -1.42. The van der Waals surface area contributed by atoms with Gasteiger partial charge in [0.05, 0.1) is 6.10 Å². The molecule has 1 aliphatic carbocycles. The molecule has 3 aromatic rings. The van der Waals surface area contributed by atoms with Crippen LogP contribution in [0.25, 0.3) is 11.1 Å². The summed E-state index contributed by atoms with van der Waals surface area (Å²) in [6.45, 7) is 1.30. The first-order chi connectivity index (χ1) is 19.8. The fraction of sp³-hybridized carbons (Fsp3) is 0.344. The van der Waals surface area contributed by atoms with Gasteiger partial charge in [-0.05, 0) is 34.2 Å². The third kappa shape index (κ3) is 5.18. The molecule has 2 aliphatic heterocycles. The summed E-state index contributed by atoms with van der Waals surface area (Å²) in [4.78, 5) is 42.6. The van der Waals surface area contributed by atoms with Crippen LogP contribution in [0.2, 0.25) is 0 Å². The summed E-state index contributed by atoms with van der Waals surface area (Å²) < 4.78 is 5.78. The molecule has 9 nitrogen and oxygen atoms in total. The van der Waals surface area contributed by atoms with Gasteiger partial charge in [0.1, 0.15) is 18.2 Å². The lowest BCUT2D eigenvalue weighted by molar-refractivity contribution is -0.150. The average molecular weight is 556 g/mol. The largest absolute Gasteiger partial charge is 0.480 e. The van der Waals surface area contributed by atoms with Crippen LogP contribution < -0.4 is 5.32 Å². The number of aliphatic carboxylic acids is 1. The van der Waals surface area contributed by atoms with E-state index in [0.29, 0.717) is 19.5 Å². The monoisotopic (exact) mass is 555 g/mol. The van der Waals surface area contributed by atoms with E-state index in [9.17, 15) is 24.6 Å². The summed E-state index contributed by atoms with van der Waals surface area (Å²) >= 11 is 0. The van der Waals surface area contributed by atoms with Gasteiger partial charge in [0.25, 0.3) is 5.91 Å². The Morgan fingerprint density at radius 3 is 2.22 bits per heavy atom. The zero-order valence-corrected chi connectivity index (χ0v) is 22.6. The number of ether oxygens (including phenoxy) is 1. The van der Waals surface area contributed by atoms with Crippen LogP contribution >= 0.6 is 0 Å². The molecule has 9 heteroatoms. The number of fused-ring (bicyclic) bond motifs is 3. The summed E-state index contributed by atoms with van der Waals surface area (Å²) in [5, 5.41) is 22.8. The van der Waals surface area contributed by atoms with Crippen LogP contribution in [0.15, 0.2) is 78.9 Å². The van der Waals surface area contributed by atoms with Crippen molar-refractivity contribution < 1.29 is 29.3 Å². The molecular formula is C32H33N3O6. The Balaban J connectivity index is 1.21. The highest BCUT2D eigenvalue weighted by Crippen LogP contribution is 2.44. The molecule has 0 radical (unpaired) electrons. The molecule has 41 heavy (non-hydrogen) atoms. The quantitative estimate of drug-likeness (QED) is 0.410. The average Bonchev–Trinajstić information content (AvgIpc) is 3.66. The molecule has 3 N–H and O–H groups in total. The van der Waals surface area contributed by atoms with Gasteiger partial charge in [-0.15, -0.1) is 0 Å². The number of β-amino-alcohol motifs (C(OH)–C–C–N with tert-alkyl or cyclic N) is 1.